The first-order valence-electron chi connectivity index (χ1n) is 4.10. The number of carbonyl (C=O) groups excluding carboxylic acids is 1. The van der Waals surface area contributed by atoms with Gasteiger partial charge in [0.15, 0.2) is 0 Å². The minimum atomic E-state index is -0.302. The van der Waals surface area contributed by atoms with Gasteiger partial charge in [-0.3, -0.25) is 0 Å². The molecule has 0 aromatic heterocycles. The van der Waals surface area contributed by atoms with Crippen LogP contribution < -0.4 is 0 Å². The fourth-order valence-electron chi connectivity index (χ4n) is 0.657. The molecule has 0 aliphatic rings. The smallest absolute Gasteiger partial charge is 0.332 e. The lowest BCUT2D eigenvalue weighted by atomic mass is 10.4. The summed E-state index contributed by atoms with van der Waals surface area (Å²) in [5, 5.41) is 0. The first-order chi connectivity index (χ1) is 5.81. The molecule has 0 unspecified atom stereocenters. The summed E-state index contributed by atoms with van der Waals surface area (Å²) in [6, 6.07) is 0. The van der Waals surface area contributed by atoms with Crippen molar-refractivity contribution in [3.8, 4) is 0 Å². The third kappa shape index (κ3) is 7.82. The van der Waals surface area contributed by atoms with E-state index in [1.54, 1.807) is 6.92 Å². The summed E-state index contributed by atoms with van der Waals surface area (Å²) < 4.78 is 9.68. The monoisotopic (exact) mass is 194 g/mol. The quantitative estimate of drug-likeness (QED) is 0.351. The van der Waals surface area contributed by atoms with Gasteiger partial charge in [-0.15, -0.1) is 11.6 Å². The minimum absolute atomic E-state index is 0.0517. The van der Waals surface area contributed by atoms with Crippen LogP contribution in [0.25, 0.3) is 0 Å². The molecule has 72 valence electrons. The third-order valence-electron chi connectivity index (χ3n) is 1.20. The average molecular weight is 195 g/mol. The number of rotatable bonds is 7. The molecule has 0 N–H and O–H groups in total. The lowest BCUT2D eigenvalue weighted by Gasteiger charge is -2.02. The van der Waals surface area contributed by atoms with Crippen molar-refractivity contribution in [3.63, 3.8) is 0 Å². The van der Waals surface area contributed by atoms with Gasteiger partial charge in [0, 0.05) is 12.5 Å². The highest BCUT2D eigenvalue weighted by Crippen LogP contribution is 1.92. The summed E-state index contributed by atoms with van der Waals surface area (Å²) >= 11 is 5.45. The normalized spacial score (nSPS) is 9.83. The first kappa shape index (κ1) is 11.7. The number of alkyl halides is 1. The molecule has 0 heterocycles. The molecule has 0 radical (unpaired) electrons. The van der Waals surface area contributed by atoms with E-state index in [-0.39, 0.29) is 12.6 Å². The van der Waals surface area contributed by atoms with Gasteiger partial charge in [0.1, 0.15) is 6.61 Å². The molecule has 4 heteroatoms. The van der Waals surface area contributed by atoms with Crippen LogP contribution in [0.3, 0.4) is 0 Å². The van der Waals surface area contributed by atoms with Crippen LogP contribution in [0.5, 0.6) is 0 Å². The van der Waals surface area contributed by atoms with Crippen LogP contribution in [-0.2, 0) is 14.3 Å². The van der Waals surface area contributed by atoms with Crippen molar-refractivity contribution >= 4 is 17.6 Å². The maximum Gasteiger partial charge on any atom is 0.332 e. The molecule has 0 amide bonds. The Kier molecular flexibility index (Phi) is 8.61. The van der Waals surface area contributed by atoms with Crippen molar-refractivity contribution in [1.29, 1.82) is 0 Å². The molecule has 0 bridgehead atoms. The zero-order chi connectivity index (χ0) is 9.23. The highest BCUT2D eigenvalue weighted by Gasteiger charge is 1.99. The second-order valence-electron chi connectivity index (χ2n) is 2.25. The molecule has 0 aromatic carbocycles. The summed E-state index contributed by atoms with van der Waals surface area (Å²) in [6.07, 6.45) is 1.81. The first-order valence-corrected chi connectivity index (χ1v) is 4.64. The number of unbranched alkanes of at least 4 members (excludes halogenated alkanes) is 1. The molecule has 12 heavy (non-hydrogen) atoms. The molecule has 0 rings (SSSR count). The van der Waals surface area contributed by atoms with Crippen molar-refractivity contribution in [2.24, 2.45) is 0 Å². The van der Waals surface area contributed by atoms with E-state index in [4.69, 9.17) is 16.3 Å². The van der Waals surface area contributed by atoms with Crippen LogP contribution in [0.2, 0.25) is 0 Å². The maximum atomic E-state index is 10.7. The molecule has 0 aromatic rings. The Hall–Kier alpha value is -0.280. The van der Waals surface area contributed by atoms with Crippen LogP contribution in [0.4, 0.5) is 0 Å². The molecule has 0 aliphatic heterocycles. The minimum Gasteiger partial charge on any atom is -0.464 e. The zero-order valence-electron chi connectivity index (χ0n) is 7.35. The van der Waals surface area contributed by atoms with Gasteiger partial charge in [0.05, 0.1) is 6.61 Å². The van der Waals surface area contributed by atoms with Crippen molar-refractivity contribution in [3.05, 3.63) is 0 Å². The van der Waals surface area contributed by atoms with Gasteiger partial charge < -0.3 is 9.47 Å². The van der Waals surface area contributed by atoms with E-state index in [9.17, 15) is 4.79 Å². The number of halogens is 1. The summed E-state index contributed by atoms with van der Waals surface area (Å²) in [5.74, 6) is 0.339. The zero-order valence-corrected chi connectivity index (χ0v) is 8.10. The Labute approximate surface area is 78.0 Å². The van der Waals surface area contributed by atoms with Gasteiger partial charge in [-0.2, -0.15) is 0 Å². The molecular formula is C8H15ClO3. The Morgan fingerprint density at radius 3 is 2.75 bits per heavy atom. The SMILES string of the molecule is CCOC(=O)COCCCCCl. The number of ether oxygens (including phenoxy) is 2. The van der Waals surface area contributed by atoms with Gasteiger partial charge in [0.2, 0.25) is 0 Å². The highest BCUT2D eigenvalue weighted by atomic mass is 35.5. The van der Waals surface area contributed by atoms with Crippen molar-refractivity contribution in [2.45, 2.75) is 19.8 Å². The molecule has 0 saturated carbocycles. The number of esters is 1. The van der Waals surface area contributed by atoms with Crippen molar-refractivity contribution in [1.82, 2.24) is 0 Å². The Morgan fingerprint density at radius 2 is 2.17 bits per heavy atom. The van der Waals surface area contributed by atoms with Crippen LogP contribution >= 0.6 is 11.6 Å². The lowest BCUT2D eigenvalue weighted by Crippen LogP contribution is -2.12. The Morgan fingerprint density at radius 1 is 1.42 bits per heavy atom. The Balaban J connectivity index is 3.03. The fraction of sp³-hybridized carbons (Fsp3) is 0.875. The lowest BCUT2D eigenvalue weighted by molar-refractivity contribution is -0.148. The standard InChI is InChI=1S/C8H15ClO3/c1-2-12-8(10)7-11-6-4-3-5-9/h2-7H2,1H3. The van der Waals surface area contributed by atoms with E-state index >= 15 is 0 Å². The molecule has 0 aliphatic carbocycles. The van der Waals surface area contributed by atoms with E-state index in [0.29, 0.717) is 19.1 Å². The summed E-state index contributed by atoms with van der Waals surface area (Å²) in [4.78, 5) is 10.7. The van der Waals surface area contributed by atoms with Crippen molar-refractivity contribution < 1.29 is 14.3 Å². The average Bonchev–Trinajstić information content (AvgIpc) is 2.05. The molecular weight excluding hydrogens is 180 g/mol. The van der Waals surface area contributed by atoms with Crippen LogP contribution in [0.1, 0.15) is 19.8 Å². The molecule has 0 spiro atoms. The van der Waals surface area contributed by atoms with E-state index in [1.807, 2.05) is 0 Å². The third-order valence-corrected chi connectivity index (χ3v) is 1.46. The van der Waals surface area contributed by atoms with E-state index < -0.39 is 0 Å². The van der Waals surface area contributed by atoms with Gasteiger partial charge in [-0.1, -0.05) is 0 Å². The predicted molar refractivity (Wildman–Crippen MR) is 47.4 cm³/mol. The highest BCUT2D eigenvalue weighted by molar-refractivity contribution is 6.17. The predicted octanol–water partition coefficient (Wildman–Crippen LogP) is 1.59. The van der Waals surface area contributed by atoms with Crippen LogP contribution in [0.15, 0.2) is 0 Å². The van der Waals surface area contributed by atoms with Crippen LogP contribution in [-0.4, -0.2) is 31.7 Å². The van der Waals surface area contributed by atoms with Gasteiger partial charge in [-0.25, -0.2) is 4.79 Å². The summed E-state index contributed by atoms with van der Waals surface area (Å²) in [6.45, 7) is 2.80. The second-order valence-corrected chi connectivity index (χ2v) is 2.63. The fourth-order valence-corrected chi connectivity index (χ4v) is 0.846. The maximum absolute atomic E-state index is 10.7. The summed E-state index contributed by atoms with van der Waals surface area (Å²) in [5.41, 5.74) is 0. The Bertz CT molecular complexity index is 117. The van der Waals surface area contributed by atoms with E-state index in [2.05, 4.69) is 4.74 Å². The van der Waals surface area contributed by atoms with Crippen molar-refractivity contribution in [2.75, 3.05) is 25.7 Å². The molecule has 0 atom stereocenters. The number of hydrogen-bond acceptors (Lipinski definition) is 3. The molecule has 3 nitrogen and oxygen atoms in total. The van der Waals surface area contributed by atoms with E-state index in [0.717, 1.165) is 12.8 Å². The topological polar surface area (TPSA) is 35.5 Å². The van der Waals surface area contributed by atoms with Crippen LogP contribution in [0, 0.1) is 0 Å². The molecule has 0 fully saturated rings. The number of carbonyl (C=O) groups is 1. The van der Waals surface area contributed by atoms with E-state index in [1.165, 1.54) is 0 Å². The van der Waals surface area contributed by atoms with Gasteiger partial charge in [-0.05, 0) is 19.8 Å². The second kappa shape index (κ2) is 8.81. The summed E-state index contributed by atoms with van der Waals surface area (Å²) in [7, 11) is 0. The van der Waals surface area contributed by atoms with Gasteiger partial charge in [0.25, 0.3) is 0 Å². The van der Waals surface area contributed by atoms with Gasteiger partial charge >= 0.3 is 5.97 Å². The molecule has 0 saturated heterocycles. The largest absolute Gasteiger partial charge is 0.464 e. The number of hydrogen-bond donors (Lipinski definition) is 0.